The van der Waals surface area contributed by atoms with Gasteiger partial charge in [-0.25, -0.2) is 4.98 Å². The van der Waals surface area contributed by atoms with E-state index in [2.05, 4.69) is 18.8 Å². The molecule has 1 aromatic heterocycles. The molecular formula is C10H15ClN2O. The number of nitrogens with two attached hydrogens (primary N) is 1. The van der Waals surface area contributed by atoms with Crippen LogP contribution in [-0.4, -0.2) is 11.6 Å². The molecule has 0 saturated heterocycles. The molecule has 0 radical (unpaired) electrons. The van der Waals surface area contributed by atoms with Crippen molar-refractivity contribution in [1.29, 1.82) is 0 Å². The van der Waals surface area contributed by atoms with Crippen LogP contribution in [0.1, 0.15) is 19.4 Å². The van der Waals surface area contributed by atoms with E-state index in [9.17, 15) is 0 Å². The van der Waals surface area contributed by atoms with E-state index < -0.39 is 0 Å². The Bertz CT molecular complexity index is 302. The van der Waals surface area contributed by atoms with Crippen LogP contribution in [0.3, 0.4) is 0 Å². The maximum absolute atomic E-state index is 5.86. The Morgan fingerprint density at radius 3 is 2.86 bits per heavy atom. The van der Waals surface area contributed by atoms with Crippen LogP contribution in [0.25, 0.3) is 0 Å². The number of nitrogens with zero attached hydrogens (tertiary/aromatic N) is 1. The van der Waals surface area contributed by atoms with Crippen molar-refractivity contribution in [1.82, 2.24) is 4.98 Å². The first-order valence-corrected chi connectivity index (χ1v) is 4.98. The number of ether oxygens (including phenoxy) is 1. The van der Waals surface area contributed by atoms with E-state index in [0.29, 0.717) is 30.0 Å². The average molecular weight is 215 g/mol. The molecule has 0 aliphatic carbocycles. The number of halogens is 1. The number of hydrogen-bond donors (Lipinski definition) is 1. The van der Waals surface area contributed by atoms with Crippen LogP contribution in [0.4, 0.5) is 0 Å². The third-order valence-corrected chi connectivity index (χ3v) is 2.03. The molecule has 78 valence electrons. The maximum Gasteiger partial charge on any atom is 0.213 e. The molecule has 3 nitrogen and oxygen atoms in total. The van der Waals surface area contributed by atoms with Gasteiger partial charge in [0.2, 0.25) is 5.88 Å². The molecule has 0 aliphatic heterocycles. The molecule has 1 aromatic rings. The van der Waals surface area contributed by atoms with E-state index in [0.717, 1.165) is 5.56 Å². The molecule has 14 heavy (non-hydrogen) atoms. The largest absolute Gasteiger partial charge is 0.477 e. The van der Waals surface area contributed by atoms with Crippen molar-refractivity contribution >= 4 is 11.6 Å². The van der Waals surface area contributed by atoms with Crippen LogP contribution in [0.15, 0.2) is 12.3 Å². The summed E-state index contributed by atoms with van der Waals surface area (Å²) in [5.74, 6) is 1.07. The second-order valence-corrected chi connectivity index (χ2v) is 3.93. The topological polar surface area (TPSA) is 48.1 Å². The molecule has 0 bridgehead atoms. The summed E-state index contributed by atoms with van der Waals surface area (Å²) in [5, 5.41) is 0.587. The summed E-state index contributed by atoms with van der Waals surface area (Å²) in [4.78, 5) is 4.05. The molecule has 4 heteroatoms. The van der Waals surface area contributed by atoms with E-state index in [1.165, 1.54) is 0 Å². The summed E-state index contributed by atoms with van der Waals surface area (Å²) in [6, 6.07) is 1.78. The Balaban J connectivity index is 2.69. The minimum absolute atomic E-state index is 0.402. The van der Waals surface area contributed by atoms with Crippen LogP contribution in [0.2, 0.25) is 5.02 Å². The number of aromatic nitrogens is 1. The van der Waals surface area contributed by atoms with Crippen LogP contribution in [0, 0.1) is 5.92 Å². The summed E-state index contributed by atoms with van der Waals surface area (Å²) < 4.78 is 5.44. The first-order chi connectivity index (χ1) is 6.63. The normalized spacial score (nSPS) is 10.6. The third-order valence-electron chi connectivity index (χ3n) is 1.69. The van der Waals surface area contributed by atoms with Gasteiger partial charge >= 0.3 is 0 Å². The summed E-state index contributed by atoms with van der Waals surface area (Å²) in [7, 11) is 0. The minimum atomic E-state index is 0.402. The van der Waals surface area contributed by atoms with Crippen molar-refractivity contribution in [2.75, 3.05) is 6.61 Å². The van der Waals surface area contributed by atoms with Crippen LogP contribution in [0.5, 0.6) is 5.88 Å². The molecule has 0 atom stereocenters. The monoisotopic (exact) mass is 214 g/mol. The Hall–Kier alpha value is -0.800. The Morgan fingerprint density at radius 2 is 2.29 bits per heavy atom. The van der Waals surface area contributed by atoms with Gasteiger partial charge in [-0.2, -0.15) is 0 Å². The highest BCUT2D eigenvalue weighted by atomic mass is 35.5. The lowest BCUT2D eigenvalue weighted by molar-refractivity contribution is 0.261. The molecule has 1 rings (SSSR count). The van der Waals surface area contributed by atoms with Gasteiger partial charge < -0.3 is 10.5 Å². The molecule has 2 N–H and O–H groups in total. The zero-order valence-electron chi connectivity index (χ0n) is 8.46. The first kappa shape index (κ1) is 11.3. The van der Waals surface area contributed by atoms with Crippen LogP contribution in [-0.2, 0) is 6.54 Å². The Labute approximate surface area is 89.2 Å². The molecule has 1 heterocycles. The predicted molar refractivity (Wildman–Crippen MR) is 57.5 cm³/mol. The maximum atomic E-state index is 5.86. The van der Waals surface area contributed by atoms with Gasteiger partial charge in [0.05, 0.1) is 11.6 Å². The van der Waals surface area contributed by atoms with Crippen molar-refractivity contribution in [2.24, 2.45) is 11.7 Å². The fourth-order valence-corrected chi connectivity index (χ4v) is 1.13. The number of rotatable bonds is 4. The lowest BCUT2D eigenvalue weighted by Gasteiger charge is -2.09. The number of pyridine rings is 1. The van der Waals surface area contributed by atoms with Crippen molar-refractivity contribution in [3.05, 3.63) is 22.8 Å². The van der Waals surface area contributed by atoms with Crippen LogP contribution < -0.4 is 10.5 Å². The predicted octanol–water partition coefficient (Wildman–Crippen LogP) is 2.23. The van der Waals surface area contributed by atoms with Gasteiger partial charge in [-0.15, -0.1) is 0 Å². The highest BCUT2D eigenvalue weighted by Crippen LogP contribution is 2.18. The molecule has 0 saturated carbocycles. The second kappa shape index (κ2) is 5.17. The number of hydrogen-bond acceptors (Lipinski definition) is 3. The van der Waals surface area contributed by atoms with Crippen molar-refractivity contribution in [2.45, 2.75) is 20.4 Å². The Morgan fingerprint density at radius 1 is 1.57 bits per heavy atom. The summed E-state index contributed by atoms with van der Waals surface area (Å²) >= 11 is 5.86. The highest BCUT2D eigenvalue weighted by molar-refractivity contribution is 6.31. The highest BCUT2D eigenvalue weighted by Gasteiger charge is 2.03. The Kier molecular flexibility index (Phi) is 4.17. The fraction of sp³-hybridized carbons (Fsp3) is 0.500. The van der Waals surface area contributed by atoms with Gasteiger partial charge in [0.25, 0.3) is 0 Å². The zero-order valence-corrected chi connectivity index (χ0v) is 9.21. The zero-order chi connectivity index (χ0) is 10.6. The van der Waals surface area contributed by atoms with E-state index in [-0.39, 0.29) is 0 Å². The minimum Gasteiger partial charge on any atom is -0.477 e. The smallest absolute Gasteiger partial charge is 0.213 e. The van der Waals surface area contributed by atoms with Gasteiger partial charge in [-0.1, -0.05) is 25.4 Å². The average Bonchev–Trinajstić information content (AvgIpc) is 2.16. The molecule has 0 fully saturated rings. The summed E-state index contributed by atoms with van der Waals surface area (Å²) in [6.07, 6.45) is 1.57. The molecular weight excluding hydrogens is 200 g/mol. The van der Waals surface area contributed by atoms with Gasteiger partial charge in [0.1, 0.15) is 0 Å². The molecule has 0 unspecified atom stereocenters. The quantitative estimate of drug-likeness (QED) is 0.836. The summed E-state index contributed by atoms with van der Waals surface area (Å²) in [6.45, 7) is 5.22. The van der Waals surface area contributed by atoms with Gasteiger partial charge in [0, 0.05) is 18.8 Å². The van der Waals surface area contributed by atoms with Crippen LogP contribution >= 0.6 is 11.6 Å². The summed E-state index contributed by atoms with van der Waals surface area (Å²) in [5.41, 5.74) is 6.37. The molecule has 0 spiro atoms. The third kappa shape index (κ3) is 3.16. The van der Waals surface area contributed by atoms with E-state index >= 15 is 0 Å². The second-order valence-electron chi connectivity index (χ2n) is 3.52. The van der Waals surface area contributed by atoms with Crippen molar-refractivity contribution in [3.63, 3.8) is 0 Å². The van der Waals surface area contributed by atoms with E-state index in [1.807, 2.05) is 0 Å². The van der Waals surface area contributed by atoms with Crippen molar-refractivity contribution in [3.8, 4) is 5.88 Å². The standard InChI is InChI=1S/C10H15ClN2O/c1-7(2)6-14-10-3-8(4-12)9(11)5-13-10/h3,5,7H,4,6,12H2,1-2H3. The first-order valence-electron chi connectivity index (χ1n) is 4.60. The SMILES string of the molecule is CC(C)COc1cc(CN)c(Cl)cn1. The van der Waals surface area contributed by atoms with E-state index in [4.69, 9.17) is 22.1 Å². The molecule has 0 aromatic carbocycles. The lowest BCUT2D eigenvalue weighted by atomic mass is 10.2. The van der Waals surface area contributed by atoms with Crippen molar-refractivity contribution < 1.29 is 4.74 Å². The van der Waals surface area contributed by atoms with Gasteiger partial charge in [-0.05, 0) is 11.5 Å². The van der Waals surface area contributed by atoms with E-state index in [1.54, 1.807) is 12.3 Å². The fourth-order valence-electron chi connectivity index (χ4n) is 0.946. The van der Waals surface area contributed by atoms with Gasteiger partial charge in [0.15, 0.2) is 0 Å². The molecule has 0 aliphatic rings. The van der Waals surface area contributed by atoms with Gasteiger partial charge in [-0.3, -0.25) is 0 Å². The lowest BCUT2D eigenvalue weighted by Crippen LogP contribution is -2.06. The molecule has 0 amide bonds.